The molecule has 0 bridgehead atoms. The first-order valence-corrected chi connectivity index (χ1v) is 12.1. The molecule has 0 N–H and O–H groups in total. The Balaban J connectivity index is 1.88. The zero-order chi connectivity index (χ0) is 20.7. The number of aromatic nitrogens is 1. The Morgan fingerprint density at radius 1 is 0.793 bits per heavy atom. The predicted octanol–water partition coefficient (Wildman–Crippen LogP) is 8.13. The van der Waals surface area contributed by atoms with E-state index in [4.69, 9.17) is 0 Å². The highest BCUT2D eigenvalue weighted by atomic mass is 16.1. The summed E-state index contributed by atoms with van der Waals surface area (Å²) in [4.78, 5) is 12.5. The molecule has 2 rings (SSSR count). The summed E-state index contributed by atoms with van der Waals surface area (Å²) >= 11 is 0. The molecule has 0 spiro atoms. The van der Waals surface area contributed by atoms with E-state index in [2.05, 4.69) is 36.6 Å². The molecule has 0 aliphatic heterocycles. The van der Waals surface area contributed by atoms with Gasteiger partial charge >= 0.3 is 0 Å². The zero-order valence-electron chi connectivity index (χ0n) is 18.8. The summed E-state index contributed by atoms with van der Waals surface area (Å²) < 4.78 is 2.33. The zero-order valence-corrected chi connectivity index (χ0v) is 18.8. The Labute approximate surface area is 178 Å². The van der Waals surface area contributed by atoms with Crippen LogP contribution in [0.5, 0.6) is 0 Å². The van der Waals surface area contributed by atoms with Gasteiger partial charge in [0.25, 0.3) is 0 Å². The van der Waals surface area contributed by atoms with Crippen LogP contribution in [0.2, 0.25) is 0 Å². The highest BCUT2D eigenvalue weighted by molar-refractivity contribution is 5.80. The van der Waals surface area contributed by atoms with E-state index in [0.29, 0.717) is 0 Å². The molecule has 29 heavy (non-hydrogen) atoms. The van der Waals surface area contributed by atoms with Crippen LogP contribution < -0.4 is 5.43 Å². The molecule has 1 aromatic heterocycles. The fourth-order valence-corrected chi connectivity index (χ4v) is 4.03. The normalized spacial score (nSPS) is 11.7. The highest BCUT2D eigenvalue weighted by Crippen LogP contribution is 2.17. The monoisotopic (exact) mass is 395 g/mol. The largest absolute Gasteiger partial charge is 0.341 e. The van der Waals surface area contributed by atoms with Crippen molar-refractivity contribution in [2.24, 2.45) is 0 Å². The van der Waals surface area contributed by atoms with Crippen LogP contribution in [0.25, 0.3) is 17.0 Å². The van der Waals surface area contributed by atoms with E-state index >= 15 is 0 Å². The maximum atomic E-state index is 12.5. The number of pyridine rings is 1. The van der Waals surface area contributed by atoms with Crippen molar-refractivity contribution in [3.63, 3.8) is 0 Å². The van der Waals surface area contributed by atoms with Crippen molar-refractivity contribution >= 4 is 17.0 Å². The van der Waals surface area contributed by atoms with Gasteiger partial charge in [-0.1, -0.05) is 96.3 Å². The molecule has 2 nitrogen and oxygen atoms in total. The third-order valence-electron chi connectivity index (χ3n) is 5.80. The Kier molecular flexibility index (Phi) is 11.5. The third-order valence-corrected chi connectivity index (χ3v) is 5.80. The second-order valence-corrected chi connectivity index (χ2v) is 8.33. The van der Waals surface area contributed by atoms with Crippen LogP contribution in [0.15, 0.2) is 41.2 Å². The maximum Gasteiger partial charge on any atom is 0.190 e. The molecule has 0 atom stereocenters. The van der Waals surface area contributed by atoms with Gasteiger partial charge in [-0.2, -0.15) is 0 Å². The number of unbranched alkanes of at least 4 members (excludes halogenated alkanes) is 11. The average Bonchev–Trinajstić information content (AvgIpc) is 2.74. The fourth-order valence-electron chi connectivity index (χ4n) is 4.03. The molecule has 0 fully saturated rings. The molecule has 160 valence electrons. The summed E-state index contributed by atoms with van der Waals surface area (Å²) in [6.07, 6.45) is 21.4. The number of benzene rings is 1. The Bertz CT molecular complexity index is 787. The van der Waals surface area contributed by atoms with Gasteiger partial charge in [-0.05, 0) is 37.5 Å². The molecule has 1 heterocycles. The Morgan fingerprint density at radius 3 is 2.14 bits per heavy atom. The summed E-state index contributed by atoms with van der Waals surface area (Å²) in [5.41, 5.74) is 2.26. The number of nitrogens with zero attached hydrogens (tertiary/aromatic N) is 1. The predicted molar refractivity (Wildman–Crippen MR) is 129 cm³/mol. The van der Waals surface area contributed by atoms with Gasteiger partial charge in [0, 0.05) is 23.7 Å². The van der Waals surface area contributed by atoms with Crippen LogP contribution >= 0.6 is 0 Å². The molecule has 0 amide bonds. The summed E-state index contributed by atoms with van der Waals surface area (Å²) in [6.45, 7) is 5.48. The van der Waals surface area contributed by atoms with E-state index in [1.807, 2.05) is 24.3 Å². The minimum absolute atomic E-state index is 0.134. The fraction of sp³-hybridized carbons (Fsp3) is 0.593. The van der Waals surface area contributed by atoms with Crippen molar-refractivity contribution in [3.8, 4) is 0 Å². The van der Waals surface area contributed by atoms with E-state index in [0.717, 1.165) is 36.0 Å². The summed E-state index contributed by atoms with van der Waals surface area (Å²) in [5, 5.41) is 0.833. The van der Waals surface area contributed by atoms with Crippen LogP contribution in [0.4, 0.5) is 0 Å². The second kappa shape index (κ2) is 14.2. The van der Waals surface area contributed by atoms with Crippen molar-refractivity contribution in [2.45, 2.75) is 104 Å². The number of allylic oxidation sites excluding steroid dienone is 1. The van der Waals surface area contributed by atoms with Crippen LogP contribution in [0.1, 0.15) is 103 Å². The lowest BCUT2D eigenvalue weighted by Crippen LogP contribution is -2.12. The summed E-state index contributed by atoms with van der Waals surface area (Å²) in [6, 6.07) is 9.85. The smallest absolute Gasteiger partial charge is 0.190 e. The molecular weight excluding hydrogens is 354 g/mol. The second-order valence-electron chi connectivity index (χ2n) is 8.33. The quantitative estimate of drug-likeness (QED) is 0.279. The summed E-state index contributed by atoms with van der Waals surface area (Å²) in [5.74, 6) is 0. The lowest BCUT2D eigenvalue weighted by molar-refractivity contribution is 0.566. The van der Waals surface area contributed by atoms with Crippen molar-refractivity contribution in [1.29, 1.82) is 0 Å². The number of hydrogen-bond donors (Lipinski definition) is 0. The Hall–Kier alpha value is -1.83. The average molecular weight is 396 g/mol. The van der Waals surface area contributed by atoms with E-state index in [-0.39, 0.29) is 5.43 Å². The number of rotatable bonds is 15. The lowest BCUT2D eigenvalue weighted by atomic mass is 10.1. The van der Waals surface area contributed by atoms with Gasteiger partial charge in [0.1, 0.15) is 0 Å². The van der Waals surface area contributed by atoms with Crippen LogP contribution in [-0.2, 0) is 6.54 Å². The molecule has 0 unspecified atom stereocenters. The highest BCUT2D eigenvalue weighted by Gasteiger charge is 2.06. The lowest BCUT2D eigenvalue weighted by Gasteiger charge is -2.15. The van der Waals surface area contributed by atoms with Crippen molar-refractivity contribution in [2.75, 3.05) is 0 Å². The van der Waals surface area contributed by atoms with Crippen molar-refractivity contribution in [1.82, 2.24) is 4.57 Å². The standard InChI is InChI=1S/C27H41NO/c1-3-5-7-8-9-10-11-12-13-14-15-19-24-23-27(29)25-20-16-17-21-26(25)28(24)22-18-6-4-2/h15-17,19-21,23H,3-14,18,22H2,1-2H3/b19-15+. The molecule has 1 aromatic carbocycles. The first-order chi connectivity index (χ1) is 14.3. The van der Waals surface area contributed by atoms with Gasteiger partial charge < -0.3 is 4.57 Å². The van der Waals surface area contributed by atoms with E-state index in [1.165, 1.54) is 70.6 Å². The van der Waals surface area contributed by atoms with Gasteiger partial charge in [0.05, 0.1) is 5.52 Å². The first kappa shape index (κ1) is 23.4. The van der Waals surface area contributed by atoms with Crippen LogP contribution in [-0.4, -0.2) is 4.57 Å². The maximum absolute atomic E-state index is 12.5. The molecular formula is C27H41NO. The van der Waals surface area contributed by atoms with E-state index in [9.17, 15) is 4.79 Å². The molecule has 0 aliphatic carbocycles. The van der Waals surface area contributed by atoms with Gasteiger partial charge in [0.15, 0.2) is 5.43 Å². The molecule has 0 aliphatic rings. The van der Waals surface area contributed by atoms with E-state index in [1.54, 1.807) is 0 Å². The van der Waals surface area contributed by atoms with Gasteiger partial charge in [-0.25, -0.2) is 0 Å². The summed E-state index contributed by atoms with van der Waals surface area (Å²) in [7, 11) is 0. The number of hydrogen-bond acceptors (Lipinski definition) is 1. The van der Waals surface area contributed by atoms with Gasteiger partial charge in [-0.3, -0.25) is 4.79 Å². The van der Waals surface area contributed by atoms with Gasteiger partial charge in [0.2, 0.25) is 0 Å². The van der Waals surface area contributed by atoms with Crippen molar-refractivity contribution < 1.29 is 0 Å². The van der Waals surface area contributed by atoms with Gasteiger partial charge in [-0.15, -0.1) is 0 Å². The minimum Gasteiger partial charge on any atom is -0.341 e. The number of fused-ring (bicyclic) bond motifs is 1. The molecule has 0 saturated heterocycles. The number of aryl methyl sites for hydroxylation is 1. The SMILES string of the molecule is CCCCCCCCCCC/C=C/c1cc(=O)c2ccccc2n1CCCCC. The molecule has 2 heteroatoms. The van der Waals surface area contributed by atoms with Crippen LogP contribution in [0.3, 0.4) is 0 Å². The Morgan fingerprint density at radius 2 is 1.41 bits per heavy atom. The molecule has 0 saturated carbocycles. The van der Waals surface area contributed by atoms with E-state index < -0.39 is 0 Å². The molecule has 2 aromatic rings. The minimum atomic E-state index is 0.134. The van der Waals surface area contributed by atoms with Crippen LogP contribution in [0, 0.1) is 0 Å². The number of para-hydroxylation sites is 1. The molecule has 0 radical (unpaired) electrons. The topological polar surface area (TPSA) is 22.0 Å². The first-order valence-electron chi connectivity index (χ1n) is 12.1. The van der Waals surface area contributed by atoms with Crippen molar-refractivity contribution in [3.05, 3.63) is 52.3 Å². The third kappa shape index (κ3) is 8.20.